The third kappa shape index (κ3) is 4.12. The molecule has 0 aliphatic rings. The van der Waals surface area contributed by atoms with Crippen LogP contribution in [0.5, 0.6) is 0 Å². The van der Waals surface area contributed by atoms with Gasteiger partial charge in [0.05, 0.1) is 17.0 Å². The molecule has 3 rings (SSSR count). The zero-order chi connectivity index (χ0) is 18.7. The molecule has 0 aliphatic carbocycles. The van der Waals surface area contributed by atoms with Crippen LogP contribution in [0.2, 0.25) is 10.0 Å². The number of rotatable bonds is 5. The molecule has 26 heavy (non-hydrogen) atoms. The Morgan fingerprint density at radius 3 is 2.31 bits per heavy atom. The predicted octanol–water partition coefficient (Wildman–Crippen LogP) is 5.50. The van der Waals surface area contributed by atoms with Crippen molar-refractivity contribution in [1.29, 1.82) is 0 Å². The first-order chi connectivity index (χ1) is 12.5. The first kappa shape index (κ1) is 18.6. The number of nitrogens with one attached hydrogen (secondary N) is 1. The van der Waals surface area contributed by atoms with Crippen LogP contribution < -0.4 is 5.32 Å². The first-order valence-corrected chi connectivity index (χ1v) is 9.33. The molecule has 0 bridgehead atoms. The van der Waals surface area contributed by atoms with E-state index < -0.39 is 0 Å². The summed E-state index contributed by atoms with van der Waals surface area (Å²) in [7, 11) is 0. The molecule has 132 valence electrons. The second kappa shape index (κ2) is 7.99. The molecule has 0 unspecified atom stereocenters. The minimum absolute atomic E-state index is 0.0220. The summed E-state index contributed by atoms with van der Waals surface area (Å²) in [6, 6.07) is 14.5. The molecule has 4 nitrogen and oxygen atoms in total. The van der Waals surface area contributed by atoms with Crippen LogP contribution in [0.25, 0.3) is 11.3 Å². The molecule has 2 aromatic carbocycles. The number of carbonyl (C=O) groups is 2. The number of hydrogen-bond donors (Lipinski definition) is 1. The number of hydrogen-bond acceptors (Lipinski definition) is 4. The lowest BCUT2D eigenvalue weighted by molar-refractivity contribution is -0.115. The van der Waals surface area contributed by atoms with Crippen LogP contribution in [0.3, 0.4) is 0 Å². The van der Waals surface area contributed by atoms with E-state index in [0.717, 1.165) is 16.9 Å². The fourth-order valence-electron chi connectivity index (χ4n) is 2.43. The predicted molar refractivity (Wildman–Crippen MR) is 106 cm³/mol. The molecule has 0 spiro atoms. The van der Waals surface area contributed by atoms with Gasteiger partial charge in [-0.25, -0.2) is 4.98 Å². The van der Waals surface area contributed by atoms with Crippen LogP contribution in [0.1, 0.15) is 22.2 Å². The van der Waals surface area contributed by atoms with Gasteiger partial charge in [-0.2, -0.15) is 0 Å². The second-order valence-corrected chi connectivity index (χ2v) is 7.36. The van der Waals surface area contributed by atoms with E-state index in [9.17, 15) is 9.59 Å². The van der Waals surface area contributed by atoms with Gasteiger partial charge in [-0.1, -0.05) is 70.9 Å². The van der Waals surface area contributed by atoms with Crippen LogP contribution in [0.15, 0.2) is 48.5 Å². The zero-order valence-corrected chi connectivity index (χ0v) is 16.1. The number of thiazole rings is 1. The summed E-state index contributed by atoms with van der Waals surface area (Å²) in [5.74, 6) is -0.403. The summed E-state index contributed by atoms with van der Waals surface area (Å²) in [6.45, 7) is 1.48. The van der Waals surface area contributed by atoms with Crippen molar-refractivity contribution in [1.82, 2.24) is 4.98 Å². The highest BCUT2D eigenvalue weighted by molar-refractivity contribution is 7.18. The van der Waals surface area contributed by atoms with Gasteiger partial charge < -0.3 is 5.32 Å². The van der Waals surface area contributed by atoms with E-state index in [2.05, 4.69) is 10.3 Å². The highest BCUT2D eigenvalue weighted by Crippen LogP contribution is 2.32. The summed E-state index contributed by atoms with van der Waals surface area (Å²) in [6.07, 6.45) is 0.0220. The second-order valence-electron chi connectivity index (χ2n) is 5.54. The molecule has 7 heteroatoms. The molecule has 1 amide bonds. The van der Waals surface area contributed by atoms with E-state index in [1.165, 1.54) is 6.92 Å². The fourth-order valence-corrected chi connectivity index (χ4v) is 3.86. The molecule has 0 radical (unpaired) electrons. The number of anilines is 1. The van der Waals surface area contributed by atoms with Crippen molar-refractivity contribution in [3.05, 3.63) is 69.0 Å². The monoisotopic (exact) mass is 404 g/mol. The van der Waals surface area contributed by atoms with Crippen molar-refractivity contribution in [2.45, 2.75) is 13.3 Å². The molecule has 0 aliphatic heterocycles. The molecular weight excluding hydrogens is 391 g/mol. The molecule has 0 saturated heterocycles. The van der Waals surface area contributed by atoms with Crippen molar-refractivity contribution in [3.8, 4) is 11.3 Å². The Hall–Kier alpha value is -2.21. The largest absolute Gasteiger partial charge is 0.302 e. The molecule has 1 N–H and O–H groups in total. The highest BCUT2D eigenvalue weighted by atomic mass is 35.5. The van der Waals surface area contributed by atoms with E-state index >= 15 is 0 Å². The number of amides is 1. The average molecular weight is 405 g/mol. The summed E-state index contributed by atoms with van der Waals surface area (Å²) in [4.78, 5) is 29.2. The Kier molecular flexibility index (Phi) is 5.71. The highest BCUT2D eigenvalue weighted by Gasteiger charge is 2.18. The Labute approximate surface area is 164 Å². The normalized spacial score (nSPS) is 10.6. The molecule has 1 heterocycles. The van der Waals surface area contributed by atoms with Gasteiger partial charge in [0.2, 0.25) is 5.91 Å². The quantitative estimate of drug-likeness (QED) is 0.570. The third-order valence-electron chi connectivity index (χ3n) is 3.64. The standard InChI is InChI=1S/C19H14Cl2N2O2S/c1-11(24)18-17(12-6-3-2-4-7-12)23-19(26-18)22-16(25)10-13-14(20)8-5-9-15(13)21/h2-9H,10H2,1H3,(H,22,23,25). The van der Waals surface area contributed by atoms with E-state index in [-0.39, 0.29) is 18.1 Å². The van der Waals surface area contributed by atoms with Gasteiger partial charge in [0.25, 0.3) is 0 Å². The maximum absolute atomic E-state index is 12.4. The van der Waals surface area contributed by atoms with E-state index in [4.69, 9.17) is 23.2 Å². The van der Waals surface area contributed by atoms with Crippen LogP contribution in [-0.2, 0) is 11.2 Å². The van der Waals surface area contributed by atoms with E-state index in [1.54, 1.807) is 18.2 Å². The van der Waals surface area contributed by atoms with Gasteiger partial charge in [0.1, 0.15) is 0 Å². The van der Waals surface area contributed by atoms with Crippen LogP contribution in [0, 0.1) is 0 Å². The molecule has 0 fully saturated rings. The van der Waals surface area contributed by atoms with Gasteiger partial charge in [0, 0.05) is 22.5 Å². The number of halogens is 2. The number of aromatic nitrogens is 1. The number of Topliss-reactive ketones (excluding diaryl/α,β-unsaturated/α-hetero) is 1. The molecule has 1 aromatic heterocycles. The fraction of sp³-hybridized carbons (Fsp3) is 0.105. The van der Waals surface area contributed by atoms with Crippen LogP contribution in [0.4, 0.5) is 5.13 Å². The minimum Gasteiger partial charge on any atom is -0.302 e. The lowest BCUT2D eigenvalue weighted by Crippen LogP contribution is -2.14. The third-order valence-corrected chi connectivity index (χ3v) is 5.42. The molecule has 0 atom stereocenters. The molecular formula is C19H14Cl2N2O2S. The first-order valence-electron chi connectivity index (χ1n) is 7.75. The average Bonchev–Trinajstić information content (AvgIpc) is 3.03. The van der Waals surface area contributed by atoms with Gasteiger partial charge in [0.15, 0.2) is 10.9 Å². The van der Waals surface area contributed by atoms with Crippen molar-refractivity contribution < 1.29 is 9.59 Å². The number of benzene rings is 2. The van der Waals surface area contributed by atoms with E-state index in [1.807, 2.05) is 30.3 Å². The summed E-state index contributed by atoms with van der Waals surface area (Å²) < 4.78 is 0. The molecule has 0 saturated carbocycles. The van der Waals surface area contributed by atoms with Crippen molar-refractivity contribution in [2.24, 2.45) is 0 Å². The maximum Gasteiger partial charge on any atom is 0.230 e. The van der Waals surface area contributed by atoms with Crippen LogP contribution >= 0.6 is 34.5 Å². The van der Waals surface area contributed by atoms with Gasteiger partial charge in [-0.15, -0.1) is 0 Å². The Balaban J connectivity index is 1.84. The number of carbonyl (C=O) groups excluding carboxylic acids is 2. The van der Waals surface area contributed by atoms with Crippen molar-refractivity contribution >= 4 is 51.4 Å². The lowest BCUT2D eigenvalue weighted by Gasteiger charge is -2.06. The SMILES string of the molecule is CC(=O)c1sc(NC(=O)Cc2c(Cl)cccc2Cl)nc1-c1ccccc1. The van der Waals surface area contributed by atoms with Crippen LogP contribution in [-0.4, -0.2) is 16.7 Å². The zero-order valence-electron chi connectivity index (χ0n) is 13.8. The summed E-state index contributed by atoms with van der Waals surface area (Å²) >= 11 is 13.4. The van der Waals surface area contributed by atoms with Gasteiger partial charge >= 0.3 is 0 Å². The van der Waals surface area contributed by atoms with Gasteiger partial charge in [-0.3, -0.25) is 9.59 Å². The number of nitrogens with zero attached hydrogens (tertiary/aromatic N) is 1. The lowest BCUT2D eigenvalue weighted by atomic mass is 10.1. The summed E-state index contributed by atoms with van der Waals surface area (Å²) in [5.41, 5.74) is 1.94. The Bertz CT molecular complexity index is 951. The minimum atomic E-state index is -0.302. The topological polar surface area (TPSA) is 59.1 Å². The summed E-state index contributed by atoms with van der Waals surface area (Å²) in [5, 5.41) is 3.96. The Morgan fingerprint density at radius 2 is 1.69 bits per heavy atom. The van der Waals surface area contributed by atoms with Gasteiger partial charge in [-0.05, 0) is 17.7 Å². The van der Waals surface area contributed by atoms with Crippen molar-refractivity contribution in [3.63, 3.8) is 0 Å². The molecule has 3 aromatic rings. The number of ketones is 1. The van der Waals surface area contributed by atoms with Crippen molar-refractivity contribution in [2.75, 3.05) is 5.32 Å². The van der Waals surface area contributed by atoms with E-state index in [0.29, 0.717) is 31.3 Å². The Morgan fingerprint density at radius 1 is 1.04 bits per heavy atom. The smallest absolute Gasteiger partial charge is 0.230 e. The maximum atomic E-state index is 12.4.